The summed E-state index contributed by atoms with van der Waals surface area (Å²) >= 11 is 6.96. The number of aryl methyl sites for hydroxylation is 1. The van der Waals surface area contributed by atoms with E-state index in [9.17, 15) is 9.59 Å². The number of anilines is 2. The molecule has 6 rings (SSSR count). The first-order chi connectivity index (χ1) is 25.2. The summed E-state index contributed by atoms with van der Waals surface area (Å²) in [5, 5.41) is 8.45. The Hall–Kier alpha value is -4.48. The van der Waals surface area contributed by atoms with E-state index in [1.54, 1.807) is 46.6 Å². The Bertz CT molecular complexity index is 1980. The van der Waals surface area contributed by atoms with Crippen LogP contribution in [0.15, 0.2) is 132 Å². The Morgan fingerprint density at radius 1 is 0.942 bits per heavy atom. The maximum atomic E-state index is 12.5. The molecule has 2 aromatic heterocycles. The van der Waals surface area contributed by atoms with E-state index in [1.807, 2.05) is 122 Å². The molecule has 2 heterocycles. The van der Waals surface area contributed by atoms with E-state index in [0.717, 1.165) is 31.9 Å². The van der Waals surface area contributed by atoms with Crippen molar-refractivity contribution in [2.75, 3.05) is 17.3 Å². The average Bonchev–Trinajstić information content (AvgIpc) is 3.58. The normalized spacial score (nSPS) is 12.5. The summed E-state index contributed by atoms with van der Waals surface area (Å²) in [5.74, 6) is 0.894. The molecule has 5 aromatic rings. The van der Waals surface area contributed by atoms with Crippen LogP contribution in [0.5, 0.6) is 0 Å². The molecule has 0 unspecified atom stereocenters. The molecule has 52 heavy (non-hydrogen) atoms. The van der Waals surface area contributed by atoms with Gasteiger partial charge in [-0.05, 0) is 121 Å². The fraction of sp³-hybridized carbons (Fsp3) is 0.190. The average molecular weight is 767 g/mol. The summed E-state index contributed by atoms with van der Waals surface area (Å²) in [5.41, 5.74) is 17.7. The number of allylic oxidation sites excluding steroid dienone is 4. The van der Waals surface area contributed by atoms with Crippen molar-refractivity contribution in [1.82, 2.24) is 5.32 Å². The molecule has 270 valence electrons. The number of hydrogen-bond donors (Lipinski definition) is 4. The highest BCUT2D eigenvalue weighted by Gasteiger charge is 2.22. The molecule has 6 nitrogen and oxygen atoms in total. The Labute approximate surface area is 324 Å². The minimum Gasteiger partial charge on any atom is -0.397 e. The van der Waals surface area contributed by atoms with Crippen LogP contribution in [-0.4, -0.2) is 23.3 Å². The van der Waals surface area contributed by atoms with Gasteiger partial charge in [0.2, 0.25) is 0 Å². The van der Waals surface area contributed by atoms with E-state index in [0.29, 0.717) is 28.3 Å². The smallest absolute Gasteiger partial charge is 0.256 e. The lowest BCUT2D eigenvalue weighted by Gasteiger charge is -2.10. The van der Waals surface area contributed by atoms with Gasteiger partial charge in [-0.2, -0.15) is 11.8 Å². The number of nitrogen functional groups attached to an aromatic ring is 1. The number of benzene rings is 3. The molecule has 3 aromatic carbocycles. The number of thioether (sulfide) groups is 2. The monoisotopic (exact) mass is 766 g/mol. The van der Waals surface area contributed by atoms with Crippen molar-refractivity contribution in [3.05, 3.63) is 153 Å². The first kappa shape index (κ1) is 40.3. The van der Waals surface area contributed by atoms with Crippen molar-refractivity contribution in [1.29, 1.82) is 0 Å². The molecule has 2 amide bonds. The maximum Gasteiger partial charge on any atom is 0.256 e. The molecule has 0 atom stereocenters. The molecule has 0 saturated heterocycles. The van der Waals surface area contributed by atoms with E-state index >= 15 is 0 Å². The van der Waals surface area contributed by atoms with Gasteiger partial charge in [0.1, 0.15) is 5.82 Å². The van der Waals surface area contributed by atoms with Crippen LogP contribution in [0, 0.1) is 6.92 Å². The highest BCUT2D eigenvalue weighted by Crippen LogP contribution is 2.39. The van der Waals surface area contributed by atoms with Crippen molar-refractivity contribution < 1.29 is 9.59 Å². The first-order valence-electron chi connectivity index (χ1n) is 17.0. The molecule has 10 heteroatoms. The lowest BCUT2D eigenvalue weighted by atomic mass is 10.1. The van der Waals surface area contributed by atoms with Gasteiger partial charge >= 0.3 is 0 Å². The van der Waals surface area contributed by atoms with Crippen LogP contribution in [0.2, 0.25) is 0 Å². The van der Waals surface area contributed by atoms with Gasteiger partial charge in [-0.15, -0.1) is 34.4 Å². The van der Waals surface area contributed by atoms with Gasteiger partial charge < -0.3 is 22.1 Å². The predicted molar refractivity (Wildman–Crippen MR) is 229 cm³/mol. The van der Waals surface area contributed by atoms with Crippen LogP contribution in [-0.2, 0) is 5.75 Å². The molecule has 1 fully saturated rings. The first-order valence-corrected chi connectivity index (χ1v) is 21.0. The summed E-state index contributed by atoms with van der Waals surface area (Å²) in [6, 6.07) is 29.2. The Kier molecular flexibility index (Phi) is 15.9. The van der Waals surface area contributed by atoms with Gasteiger partial charge in [0.25, 0.3) is 11.8 Å². The van der Waals surface area contributed by atoms with E-state index in [1.165, 1.54) is 28.2 Å². The lowest BCUT2D eigenvalue weighted by Crippen LogP contribution is -2.27. The quantitative estimate of drug-likeness (QED) is 0.0743. The molecule has 0 spiro atoms. The second-order valence-corrected chi connectivity index (χ2v) is 16.0. The van der Waals surface area contributed by atoms with Gasteiger partial charge in [0.05, 0.1) is 11.4 Å². The Balaban J connectivity index is 0.000000223. The van der Waals surface area contributed by atoms with E-state index < -0.39 is 0 Å². The topological polar surface area (TPSA) is 110 Å². The van der Waals surface area contributed by atoms with Crippen molar-refractivity contribution in [2.24, 2.45) is 5.73 Å². The van der Waals surface area contributed by atoms with E-state index in [4.69, 9.17) is 11.5 Å². The minimum atomic E-state index is -0.206. The summed E-state index contributed by atoms with van der Waals surface area (Å²) in [6.07, 6.45) is 10.0. The minimum absolute atomic E-state index is 0.152. The summed E-state index contributed by atoms with van der Waals surface area (Å²) in [7, 11) is 0. The van der Waals surface area contributed by atoms with Gasteiger partial charge in [0.15, 0.2) is 0 Å². The molecule has 1 aliphatic rings. The maximum absolute atomic E-state index is 12.5. The van der Waals surface area contributed by atoms with Crippen LogP contribution in [0.1, 0.15) is 62.7 Å². The van der Waals surface area contributed by atoms with Crippen molar-refractivity contribution in [3.63, 3.8) is 0 Å². The molecular weight excluding hydrogens is 721 g/mol. The molecule has 0 aliphatic heterocycles. The molecular formula is C42H46N4O2S4. The number of nitrogens with one attached hydrogen (secondary N) is 2. The van der Waals surface area contributed by atoms with Crippen LogP contribution in [0.25, 0.3) is 16.0 Å². The largest absolute Gasteiger partial charge is 0.397 e. The molecule has 0 bridgehead atoms. The van der Waals surface area contributed by atoms with Crippen LogP contribution in [0.4, 0.5) is 11.4 Å². The second kappa shape index (κ2) is 20.5. The Morgan fingerprint density at radius 3 is 2.23 bits per heavy atom. The number of amides is 2. The van der Waals surface area contributed by atoms with Gasteiger partial charge in [0, 0.05) is 41.7 Å². The third-order valence-electron chi connectivity index (χ3n) is 7.47. The van der Waals surface area contributed by atoms with Crippen LogP contribution >= 0.6 is 46.2 Å². The lowest BCUT2D eigenvalue weighted by molar-refractivity contribution is 0.0964. The number of hydrogen-bond acceptors (Lipinski definition) is 8. The fourth-order valence-corrected chi connectivity index (χ4v) is 7.93. The zero-order valence-corrected chi connectivity index (χ0v) is 33.2. The zero-order valence-electron chi connectivity index (χ0n) is 30.0. The predicted octanol–water partition coefficient (Wildman–Crippen LogP) is 11.2. The van der Waals surface area contributed by atoms with E-state index in [-0.39, 0.29) is 11.8 Å². The standard InChI is InChI=1S/C21H22N2OS2.C19H18N2OS2.C2H6/c1-3-4-16(19-12-5-14(2)25-19)13-20(22)23-21(24)15-6-8-17(9-7-15)26-18-10-11-18;1-23-12-13-4-6-14(7-5-13)19(22)21-17-11-15(8-9-16(17)20)18-3-2-10-24-18;1-2/h3-9,12-13,18H,1,10-11,22H2,2H3,(H,23,24);2-11H,12,20H2,1H3,(H,21,22);1-2H3/b16-4+,20-13+;;. The summed E-state index contributed by atoms with van der Waals surface area (Å²) in [6.45, 7) is 9.81. The van der Waals surface area contributed by atoms with Crippen LogP contribution < -0.4 is 22.1 Å². The van der Waals surface area contributed by atoms with E-state index in [2.05, 4.69) is 36.5 Å². The number of thiophene rings is 2. The molecule has 1 aliphatic carbocycles. The number of rotatable bonds is 12. The van der Waals surface area contributed by atoms with Crippen molar-refractivity contribution >= 4 is 75.0 Å². The summed E-state index contributed by atoms with van der Waals surface area (Å²) < 4.78 is 0. The van der Waals surface area contributed by atoms with Gasteiger partial charge in [-0.1, -0.05) is 56.8 Å². The molecule has 0 radical (unpaired) electrons. The third kappa shape index (κ3) is 12.3. The van der Waals surface area contributed by atoms with Gasteiger partial charge in [-0.25, -0.2) is 0 Å². The number of nitrogens with two attached hydrogens (primary N) is 2. The molecule has 1 saturated carbocycles. The fourth-order valence-electron chi connectivity index (χ4n) is 4.76. The highest BCUT2D eigenvalue weighted by atomic mass is 32.2. The zero-order chi connectivity index (χ0) is 37.5. The third-order valence-corrected chi connectivity index (χ3v) is 11.4. The van der Waals surface area contributed by atoms with Crippen molar-refractivity contribution in [2.45, 2.75) is 49.5 Å². The Morgan fingerprint density at radius 2 is 1.63 bits per heavy atom. The van der Waals surface area contributed by atoms with Crippen molar-refractivity contribution in [3.8, 4) is 10.4 Å². The van der Waals surface area contributed by atoms with Gasteiger partial charge in [-0.3, -0.25) is 9.59 Å². The SMILES string of the molecule is C=C/C=C(\C=C(/N)NC(=O)c1ccc(SC2CC2)cc1)c1ccc(C)s1.CC.CSCc1ccc(C(=O)Nc2cc(-c3cccs3)ccc2N)cc1. The highest BCUT2D eigenvalue weighted by molar-refractivity contribution is 8.00. The second-order valence-electron chi connectivity index (χ2n) is 11.5. The summed E-state index contributed by atoms with van der Waals surface area (Å²) in [4.78, 5) is 29.5. The number of carbonyl (C=O) groups is 2. The van der Waals surface area contributed by atoms with Crippen LogP contribution in [0.3, 0.4) is 0 Å². The number of carbonyl (C=O) groups excluding carboxylic acids is 2. The molecule has 6 N–H and O–H groups in total.